The lowest BCUT2D eigenvalue weighted by atomic mass is 10.2. The lowest BCUT2D eigenvalue weighted by molar-refractivity contribution is -0.0498. The second kappa shape index (κ2) is 7.96. The van der Waals surface area contributed by atoms with E-state index in [1.807, 2.05) is 24.5 Å². The molecule has 0 saturated heterocycles. The third-order valence-electron chi connectivity index (χ3n) is 3.72. The van der Waals surface area contributed by atoms with Crippen LogP contribution in [0.1, 0.15) is 21.7 Å². The van der Waals surface area contributed by atoms with Gasteiger partial charge in [0.1, 0.15) is 11.3 Å². The van der Waals surface area contributed by atoms with Gasteiger partial charge in [0.15, 0.2) is 10.1 Å². The van der Waals surface area contributed by atoms with Gasteiger partial charge in [0, 0.05) is 22.6 Å². The normalized spacial score (nSPS) is 11.1. The maximum Gasteiger partial charge on any atom is 0.387 e. The number of hydrogen-bond donors (Lipinski definition) is 0. The number of ketones is 1. The molecule has 3 aromatic rings. The molecule has 0 aliphatic carbocycles. The Labute approximate surface area is 157 Å². The predicted octanol–water partition coefficient (Wildman–Crippen LogP) is 4.52. The SMILES string of the molecule is Cc1cc(C(=O)CSc2nncs2)c(C)n1-c1ccc(OC(F)F)cc1. The Morgan fingerprint density at radius 1 is 1.31 bits per heavy atom. The lowest BCUT2D eigenvalue weighted by Gasteiger charge is -2.11. The summed E-state index contributed by atoms with van der Waals surface area (Å²) in [5.41, 5.74) is 4.71. The van der Waals surface area contributed by atoms with E-state index in [0.717, 1.165) is 21.4 Å². The van der Waals surface area contributed by atoms with E-state index in [2.05, 4.69) is 14.9 Å². The number of ether oxygens (including phenoxy) is 1. The Kier molecular flexibility index (Phi) is 5.67. The summed E-state index contributed by atoms with van der Waals surface area (Å²) in [7, 11) is 0. The molecule has 5 nitrogen and oxygen atoms in total. The first-order chi connectivity index (χ1) is 12.5. The van der Waals surface area contributed by atoms with Gasteiger partial charge >= 0.3 is 6.61 Å². The Morgan fingerprint density at radius 3 is 2.65 bits per heavy atom. The molecule has 0 atom stereocenters. The molecule has 0 N–H and O–H groups in total. The molecule has 0 radical (unpaired) electrons. The average Bonchev–Trinajstić information content (AvgIpc) is 3.21. The van der Waals surface area contributed by atoms with E-state index < -0.39 is 6.61 Å². The molecular formula is C17H15F2N3O2S2. The number of thioether (sulfide) groups is 1. The van der Waals surface area contributed by atoms with Crippen molar-refractivity contribution in [2.75, 3.05) is 5.75 Å². The maximum atomic E-state index is 12.6. The molecule has 26 heavy (non-hydrogen) atoms. The standard InChI is InChI=1S/C17H15F2N3O2S2/c1-10-7-14(15(23)8-25-17-21-20-9-26-17)11(2)22(10)12-3-5-13(6-4-12)24-16(18)19/h3-7,9,16H,8H2,1-2H3. The van der Waals surface area contributed by atoms with Crippen LogP contribution in [0.25, 0.3) is 5.69 Å². The van der Waals surface area contributed by atoms with Crippen LogP contribution in [0.4, 0.5) is 8.78 Å². The first-order valence-electron chi connectivity index (χ1n) is 7.62. The molecule has 0 aliphatic heterocycles. The van der Waals surface area contributed by atoms with Crippen LogP contribution in [-0.4, -0.2) is 32.9 Å². The first kappa shape index (κ1) is 18.5. The minimum Gasteiger partial charge on any atom is -0.435 e. The molecule has 0 amide bonds. The number of carbonyl (C=O) groups excluding carboxylic acids is 1. The minimum absolute atomic E-state index is 0.00204. The van der Waals surface area contributed by atoms with Crippen molar-refractivity contribution in [1.29, 1.82) is 0 Å². The Balaban J connectivity index is 1.80. The Hall–Kier alpha value is -2.26. The van der Waals surface area contributed by atoms with Gasteiger partial charge in [-0.05, 0) is 44.2 Å². The van der Waals surface area contributed by atoms with Crippen molar-refractivity contribution in [2.24, 2.45) is 0 Å². The Bertz CT molecular complexity index is 894. The van der Waals surface area contributed by atoms with E-state index in [0.29, 0.717) is 5.56 Å². The zero-order chi connectivity index (χ0) is 18.7. The summed E-state index contributed by atoms with van der Waals surface area (Å²) in [5.74, 6) is 0.374. The number of aryl methyl sites for hydroxylation is 1. The van der Waals surface area contributed by atoms with Gasteiger partial charge < -0.3 is 9.30 Å². The highest BCUT2D eigenvalue weighted by atomic mass is 32.2. The van der Waals surface area contributed by atoms with Gasteiger partial charge in [-0.3, -0.25) is 4.79 Å². The van der Waals surface area contributed by atoms with E-state index >= 15 is 0 Å². The summed E-state index contributed by atoms with van der Waals surface area (Å²) in [4.78, 5) is 12.6. The van der Waals surface area contributed by atoms with Crippen LogP contribution in [0.2, 0.25) is 0 Å². The zero-order valence-corrected chi connectivity index (χ0v) is 15.6. The summed E-state index contributed by atoms with van der Waals surface area (Å²) < 4.78 is 31.6. The van der Waals surface area contributed by atoms with Crippen molar-refractivity contribution >= 4 is 28.9 Å². The number of hydrogen-bond acceptors (Lipinski definition) is 6. The second-order valence-electron chi connectivity index (χ2n) is 5.41. The number of rotatable bonds is 7. The number of aromatic nitrogens is 3. The fourth-order valence-corrected chi connectivity index (χ4v) is 4.02. The number of nitrogens with zero attached hydrogens (tertiary/aromatic N) is 3. The van der Waals surface area contributed by atoms with Crippen LogP contribution in [0.15, 0.2) is 40.2 Å². The van der Waals surface area contributed by atoms with Crippen LogP contribution in [0.5, 0.6) is 5.75 Å². The van der Waals surface area contributed by atoms with Gasteiger partial charge in [-0.15, -0.1) is 10.2 Å². The number of benzene rings is 1. The molecule has 0 saturated carbocycles. The number of carbonyl (C=O) groups is 1. The summed E-state index contributed by atoms with van der Waals surface area (Å²) in [6, 6.07) is 8.16. The summed E-state index contributed by atoms with van der Waals surface area (Å²) in [5, 5.41) is 7.66. The molecule has 0 aliphatic rings. The smallest absolute Gasteiger partial charge is 0.387 e. The monoisotopic (exact) mass is 395 g/mol. The van der Waals surface area contributed by atoms with Crippen molar-refractivity contribution in [3.63, 3.8) is 0 Å². The molecule has 3 rings (SSSR count). The second-order valence-corrected chi connectivity index (χ2v) is 7.46. The van der Waals surface area contributed by atoms with Crippen LogP contribution < -0.4 is 4.74 Å². The molecule has 0 spiro atoms. The molecule has 0 bridgehead atoms. The van der Waals surface area contributed by atoms with Crippen LogP contribution >= 0.6 is 23.1 Å². The van der Waals surface area contributed by atoms with Crippen LogP contribution in [0.3, 0.4) is 0 Å². The highest BCUT2D eigenvalue weighted by molar-refractivity contribution is 8.01. The minimum atomic E-state index is -2.86. The quantitative estimate of drug-likeness (QED) is 0.435. The Morgan fingerprint density at radius 2 is 2.04 bits per heavy atom. The average molecular weight is 395 g/mol. The number of halogens is 2. The highest BCUT2D eigenvalue weighted by Gasteiger charge is 2.17. The van der Waals surface area contributed by atoms with E-state index in [9.17, 15) is 13.6 Å². The van der Waals surface area contributed by atoms with Gasteiger partial charge in [0.2, 0.25) is 0 Å². The van der Waals surface area contributed by atoms with Gasteiger partial charge in [0.05, 0.1) is 5.75 Å². The van der Waals surface area contributed by atoms with Crippen molar-refractivity contribution < 1.29 is 18.3 Å². The predicted molar refractivity (Wildman–Crippen MR) is 96.8 cm³/mol. The fourth-order valence-electron chi connectivity index (χ4n) is 2.65. The number of alkyl halides is 2. The highest BCUT2D eigenvalue weighted by Crippen LogP contribution is 2.26. The molecule has 1 aromatic carbocycles. The third kappa shape index (κ3) is 4.10. The van der Waals surface area contributed by atoms with Crippen molar-refractivity contribution in [3.8, 4) is 11.4 Å². The number of Topliss-reactive ketones (excluding diaryl/α,β-unsaturated/α-hetero) is 1. The van der Waals surface area contributed by atoms with Gasteiger partial charge in [-0.1, -0.05) is 23.1 Å². The molecule has 0 unspecified atom stereocenters. The first-order valence-corrected chi connectivity index (χ1v) is 9.48. The van der Waals surface area contributed by atoms with E-state index in [1.54, 1.807) is 17.6 Å². The third-order valence-corrected chi connectivity index (χ3v) is 5.58. The van der Waals surface area contributed by atoms with Gasteiger partial charge in [0.25, 0.3) is 0 Å². The van der Waals surface area contributed by atoms with Gasteiger partial charge in [-0.2, -0.15) is 8.78 Å². The van der Waals surface area contributed by atoms with Crippen LogP contribution in [-0.2, 0) is 0 Å². The molecular weight excluding hydrogens is 380 g/mol. The zero-order valence-electron chi connectivity index (χ0n) is 14.0. The largest absolute Gasteiger partial charge is 0.435 e. The summed E-state index contributed by atoms with van der Waals surface area (Å²) in [6.07, 6.45) is 0. The summed E-state index contributed by atoms with van der Waals surface area (Å²) >= 11 is 2.75. The van der Waals surface area contributed by atoms with E-state index in [-0.39, 0.29) is 17.3 Å². The maximum absolute atomic E-state index is 12.6. The van der Waals surface area contributed by atoms with Gasteiger partial charge in [-0.25, -0.2) is 0 Å². The van der Waals surface area contributed by atoms with E-state index in [4.69, 9.17) is 0 Å². The van der Waals surface area contributed by atoms with Crippen molar-refractivity contribution in [2.45, 2.75) is 24.8 Å². The van der Waals surface area contributed by atoms with E-state index in [1.165, 1.54) is 35.2 Å². The van der Waals surface area contributed by atoms with Crippen molar-refractivity contribution in [1.82, 2.24) is 14.8 Å². The molecule has 136 valence electrons. The molecule has 9 heteroatoms. The molecule has 2 aromatic heterocycles. The summed E-state index contributed by atoms with van der Waals surface area (Å²) in [6.45, 7) is 0.899. The topological polar surface area (TPSA) is 57.0 Å². The fraction of sp³-hybridized carbons (Fsp3) is 0.235. The van der Waals surface area contributed by atoms with Crippen LogP contribution in [0, 0.1) is 13.8 Å². The molecule has 2 heterocycles. The molecule has 0 fully saturated rings. The lowest BCUT2D eigenvalue weighted by Crippen LogP contribution is -2.06. The van der Waals surface area contributed by atoms with Crippen molar-refractivity contribution in [3.05, 3.63) is 52.8 Å².